The Morgan fingerprint density at radius 3 is 2.76 bits per heavy atom. The summed E-state index contributed by atoms with van der Waals surface area (Å²) in [6, 6.07) is 13.9. The van der Waals surface area contributed by atoms with Crippen molar-refractivity contribution >= 4 is 44.2 Å². The molecule has 0 aliphatic carbocycles. The van der Waals surface area contributed by atoms with E-state index in [1.165, 1.54) is 16.9 Å². The van der Waals surface area contributed by atoms with Crippen LogP contribution in [0.2, 0.25) is 5.02 Å². The Balaban J connectivity index is 1.59. The second-order valence-corrected chi connectivity index (χ2v) is 9.27. The Morgan fingerprint density at radius 1 is 1.28 bits per heavy atom. The summed E-state index contributed by atoms with van der Waals surface area (Å²) in [4.78, 5) is 19.8. The molecule has 3 aromatic rings. The fraction of sp³-hybridized carbons (Fsp3) is 0.391. The molecular weight excluding hydrogens is 404 g/mol. The number of amides is 1. The van der Waals surface area contributed by atoms with Gasteiger partial charge in [-0.25, -0.2) is 4.98 Å². The molecule has 152 valence electrons. The maximum Gasteiger partial charge on any atom is 0.233 e. The molecule has 1 atom stereocenters. The molecule has 0 spiro atoms. The molecule has 1 aliphatic rings. The minimum atomic E-state index is 0.0444. The van der Waals surface area contributed by atoms with Gasteiger partial charge in [0.25, 0.3) is 0 Å². The fourth-order valence-corrected chi connectivity index (χ4v) is 4.84. The molecule has 1 amide bonds. The summed E-state index contributed by atoms with van der Waals surface area (Å²) in [7, 11) is 0. The number of hydrogen-bond acceptors (Lipinski definition) is 4. The van der Waals surface area contributed by atoms with Crippen LogP contribution in [0.15, 0.2) is 42.5 Å². The predicted molar refractivity (Wildman–Crippen MR) is 120 cm³/mol. The zero-order valence-electron chi connectivity index (χ0n) is 16.7. The molecule has 29 heavy (non-hydrogen) atoms. The van der Waals surface area contributed by atoms with E-state index >= 15 is 0 Å². The van der Waals surface area contributed by atoms with Crippen molar-refractivity contribution in [3.05, 3.63) is 58.6 Å². The Hall–Kier alpha value is -1.95. The number of nitrogens with zero attached hydrogens (tertiary/aromatic N) is 2. The first-order valence-electron chi connectivity index (χ1n) is 10.1. The maximum atomic E-state index is 13.3. The van der Waals surface area contributed by atoms with Crippen molar-refractivity contribution in [2.24, 2.45) is 0 Å². The summed E-state index contributed by atoms with van der Waals surface area (Å²) in [6.07, 6.45) is 2.43. The highest BCUT2D eigenvalue weighted by Crippen LogP contribution is 2.32. The number of thiazole rings is 1. The van der Waals surface area contributed by atoms with E-state index in [1.807, 2.05) is 18.2 Å². The molecule has 0 saturated carbocycles. The van der Waals surface area contributed by atoms with Crippen LogP contribution in [0.25, 0.3) is 10.2 Å². The summed E-state index contributed by atoms with van der Waals surface area (Å²) in [5.41, 5.74) is 3.15. The van der Waals surface area contributed by atoms with Crippen LogP contribution in [0.3, 0.4) is 0 Å². The lowest BCUT2D eigenvalue weighted by Crippen LogP contribution is -2.38. The lowest BCUT2D eigenvalue weighted by molar-refractivity contribution is -0.118. The molecular formula is C23H25ClN2O2S. The van der Waals surface area contributed by atoms with E-state index in [1.54, 1.807) is 4.90 Å². The van der Waals surface area contributed by atoms with Gasteiger partial charge in [0.15, 0.2) is 5.13 Å². The molecule has 4 nitrogen and oxygen atoms in total. The van der Waals surface area contributed by atoms with Gasteiger partial charge in [-0.1, -0.05) is 61.1 Å². The number of halogens is 1. The first kappa shape index (κ1) is 20.3. The van der Waals surface area contributed by atoms with E-state index in [0.29, 0.717) is 29.0 Å². The van der Waals surface area contributed by atoms with Crippen molar-refractivity contribution in [1.29, 1.82) is 0 Å². The molecule has 6 heteroatoms. The van der Waals surface area contributed by atoms with Gasteiger partial charge in [0.05, 0.1) is 29.3 Å². The van der Waals surface area contributed by atoms with E-state index in [-0.39, 0.29) is 12.0 Å². The Bertz CT molecular complexity index is 994. The normalized spacial score (nSPS) is 16.6. The number of benzene rings is 2. The zero-order chi connectivity index (χ0) is 20.4. The van der Waals surface area contributed by atoms with Gasteiger partial charge in [-0.05, 0) is 48.1 Å². The number of anilines is 1. The molecule has 1 aromatic heterocycles. The monoisotopic (exact) mass is 428 g/mol. The first-order chi connectivity index (χ1) is 14.0. The third-order valence-electron chi connectivity index (χ3n) is 5.28. The number of aromatic nitrogens is 1. The number of fused-ring (bicyclic) bond motifs is 1. The summed E-state index contributed by atoms with van der Waals surface area (Å²) in [6.45, 7) is 5.64. The van der Waals surface area contributed by atoms with E-state index in [2.05, 4.69) is 38.1 Å². The van der Waals surface area contributed by atoms with Gasteiger partial charge >= 0.3 is 0 Å². The predicted octanol–water partition coefficient (Wildman–Crippen LogP) is 5.83. The molecule has 2 aromatic carbocycles. The van der Waals surface area contributed by atoms with Crippen LogP contribution in [-0.4, -0.2) is 30.1 Å². The van der Waals surface area contributed by atoms with Gasteiger partial charge < -0.3 is 4.74 Å². The summed E-state index contributed by atoms with van der Waals surface area (Å²) < 4.78 is 6.79. The topological polar surface area (TPSA) is 42.4 Å². The second kappa shape index (κ2) is 8.82. The minimum Gasteiger partial charge on any atom is -0.376 e. The number of carbonyl (C=O) groups is 1. The van der Waals surface area contributed by atoms with Gasteiger partial charge in [-0.2, -0.15) is 0 Å². The molecule has 1 fully saturated rings. The van der Waals surface area contributed by atoms with Gasteiger partial charge in [0, 0.05) is 11.6 Å². The van der Waals surface area contributed by atoms with Crippen molar-refractivity contribution in [1.82, 2.24) is 4.98 Å². The highest BCUT2D eigenvalue weighted by molar-refractivity contribution is 7.22. The van der Waals surface area contributed by atoms with Crippen LogP contribution in [0.1, 0.15) is 43.7 Å². The van der Waals surface area contributed by atoms with Crippen LogP contribution in [0.4, 0.5) is 5.13 Å². The van der Waals surface area contributed by atoms with Crippen molar-refractivity contribution in [3.63, 3.8) is 0 Å². The fourth-order valence-electron chi connectivity index (χ4n) is 3.57. The molecule has 0 N–H and O–H groups in total. The van der Waals surface area contributed by atoms with Crippen LogP contribution in [-0.2, 0) is 16.0 Å². The number of carbonyl (C=O) groups excluding carboxylic acids is 1. The third-order valence-corrected chi connectivity index (χ3v) is 6.56. The average molecular weight is 429 g/mol. The van der Waals surface area contributed by atoms with Crippen LogP contribution in [0.5, 0.6) is 0 Å². The largest absolute Gasteiger partial charge is 0.376 e. The maximum absolute atomic E-state index is 13.3. The molecule has 0 bridgehead atoms. The van der Waals surface area contributed by atoms with Crippen molar-refractivity contribution in [2.75, 3.05) is 18.1 Å². The number of rotatable bonds is 6. The van der Waals surface area contributed by atoms with Crippen LogP contribution < -0.4 is 4.90 Å². The molecule has 0 radical (unpaired) electrons. The van der Waals surface area contributed by atoms with E-state index < -0.39 is 0 Å². The van der Waals surface area contributed by atoms with E-state index in [4.69, 9.17) is 21.3 Å². The van der Waals surface area contributed by atoms with Gasteiger partial charge in [0.1, 0.15) is 0 Å². The lowest BCUT2D eigenvalue weighted by atomic mass is 10.0. The van der Waals surface area contributed by atoms with Crippen LogP contribution >= 0.6 is 22.9 Å². The quantitative estimate of drug-likeness (QED) is 0.496. The molecule has 2 heterocycles. The smallest absolute Gasteiger partial charge is 0.233 e. The minimum absolute atomic E-state index is 0.0444. The van der Waals surface area contributed by atoms with Gasteiger partial charge in [0.2, 0.25) is 5.91 Å². The number of ether oxygens (including phenoxy) is 1. The lowest BCUT2D eigenvalue weighted by Gasteiger charge is -2.23. The van der Waals surface area contributed by atoms with Crippen molar-refractivity contribution < 1.29 is 9.53 Å². The van der Waals surface area contributed by atoms with Crippen molar-refractivity contribution in [3.8, 4) is 0 Å². The van der Waals surface area contributed by atoms with Crippen molar-refractivity contribution in [2.45, 2.75) is 45.1 Å². The Morgan fingerprint density at radius 2 is 2.07 bits per heavy atom. The third kappa shape index (κ3) is 4.80. The Labute approximate surface area is 180 Å². The molecule has 4 rings (SSSR count). The Kier molecular flexibility index (Phi) is 6.18. The van der Waals surface area contributed by atoms with Crippen LogP contribution in [0, 0.1) is 0 Å². The first-order valence-corrected chi connectivity index (χ1v) is 11.3. The van der Waals surface area contributed by atoms with Gasteiger partial charge in [-0.3, -0.25) is 9.69 Å². The van der Waals surface area contributed by atoms with E-state index in [9.17, 15) is 4.79 Å². The highest BCUT2D eigenvalue weighted by Gasteiger charge is 2.26. The molecule has 1 aliphatic heterocycles. The molecule has 1 unspecified atom stereocenters. The number of hydrogen-bond donors (Lipinski definition) is 0. The summed E-state index contributed by atoms with van der Waals surface area (Å²) >= 11 is 7.63. The van der Waals surface area contributed by atoms with Gasteiger partial charge in [-0.15, -0.1) is 0 Å². The molecule has 1 saturated heterocycles. The summed E-state index contributed by atoms with van der Waals surface area (Å²) in [5, 5.41) is 1.39. The summed E-state index contributed by atoms with van der Waals surface area (Å²) in [5.74, 6) is 0.522. The SMILES string of the molecule is CC(C)c1ccc(CC(=O)N(CC2CCCO2)c2nc3ccc(Cl)cc3s2)cc1. The van der Waals surface area contributed by atoms with E-state index in [0.717, 1.165) is 35.2 Å². The highest BCUT2D eigenvalue weighted by atomic mass is 35.5. The zero-order valence-corrected chi connectivity index (χ0v) is 18.3. The average Bonchev–Trinajstić information content (AvgIpc) is 3.35. The second-order valence-electron chi connectivity index (χ2n) is 7.82. The standard InChI is InChI=1S/C23H25ClN2O2S/c1-15(2)17-7-5-16(6-8-17)12-22(27)26(14-19-4-3-11-28-19)23-25-20-10-9-18(24)13-21(20)29-23/h5-10,13,15,19H,3-4,11-12,14H2,1-2H3.